The number of Topliss-reactive ketones (excluding diaryl/α,β-unsaturated/α-hetero) is 1. The van der Waals surface area contributed by atoms with Gasteiger partial charge >= 0.3 is 5.97 Å². The summed E-state index contributed by atoms with van der Waals surface area (Å²) in [5.74, 6) is -1.90. The van der Waals surface area contributed by atoms with Gasteiger partial charge in [0.1, 0.15) is 0 Å². The molecule has 3 rings (SSSR count). The number of halogens is 1. The molecular weight excluding hydrogens is 342 g/mol. The van der Waals surface area contributed by atoms with Crippen molar-refractivity contribution in [3.05, 3.63) is 70.3 Å². The van der Waals surface area contributed by atoms with Crippen LogP contribution in [-0.2, 0) is 14.3 Å². The molecule has 0 fully saturated rings. The van der Waals surface area contributed by atoms with Crippen molar-refractivity contribution in [3.8, 4) is 0 Å². The average Bonchev–Trinajstić information content (AvgIpc) is 2.86. The number of hydrogen-bond acceptors (Lipinski definition) is 4. The fraction of sp³-hybridized carbons (Fsp3) is 0.105. The minimum absolute atomic E-state index is 0.0687. The third-order valence-corrected chi connectivity index (χ3v) is 4.09. The van der Waals surface area contributed by atoms with Gasteiger partial charge in [0.25, 0.3) is 11.7 Å². The largest absolute Gasteiger partial charge is 0.466 e. The van der Waals surface area contributed by atoms with Crippen LogP contribution in [0.5, 0.6) is 0 Å². The van der Waals surface area contributed by atoms with E-state index in [0.29, 0.717) is 10.7 Å². The molecule has 0 radical (unpaired) electrons. The predicted molar refractivity (Wildman–Crippen MR) is 94.6 cm³/mol. The summed E-state index contributed by atoms with van der Waals surface area (Å²) in [6.45, 7) is -0.0687. The van der Waals surface area contributed by atoms with Crippen molar-refractivity contribution in [1.82, 2.24) is 0 Å². The van der Waals surface area contributed by atoms with E-state index >= 15 is 0 Å². The van der Waals surface area contributed by atoms with E-state index in [1.807, 2.05) is 30.3 Å². The number of anilines is 1. The second-order valence-electron chi connectivity index (χ2n) is 5.45. The Hall–Kier alpha value is -2.92. The van der Waals surface area contributed by atoms with Crippen molar-refractivity contribution in [2.75, 3.05) is 18.6 Å². The van der Waals surface area contributed by atoms with Crippen molar-refractivity contribution in [3.63, 3.8) is 0 Å². The summed E-state index contributed by atoms with van der Waals surface area (Å²) >= 11 is 5.90. The average molecular weight is 356 g/mol. The highest BCUT2D eigenvalue weighted by Crippen LogP contribution is 2.32. The lowest BCUT2D eigenvalue weighted by Gasteiger charge is -2.17. The fourth-order valence-corrected chi connectivity index (χ4v) is 2.82. The first-order chi connectivity index (χ1) is 12.0. The van der Waals surface area contributed by atoms with Crippen LogP contribution in [0.15, 0.2) is 54.1 Å². The maximum absolute atomic E-state index is 12.3. The second-order valence-corrected chi connectivity index (χ2v) is 5.89. The minimum Gasteiger partial charge on any atom is -0.466 e. The molecule has 2 aromatic carbocycles. The van der Waals surface area contributed by atoms with E-state index in [9.17, 15) is 14.4 Å². The smallest absolute Gasteiger partial charge is 0.335 e. The summed E-state index contributed by atoms with van der Waals surface area (Å²) < 4.78 is 4.81. The highest BCUT2D eigenvalue weighted by Gasteiger charge is 2.37. The van der Waals surface area contributed by atoms with Crippen LogP contribution in [0, 0.1) is 0 Å². The number of ketones is 1. The number of methoxy groups -OCH3 is 1. The Kier molecular flexibility index (Phi) is 4.67. The van der Waals surface area contributed by atoms with Crippen LogP contribution in [0.2, 0.25) is 5.02 Å². The molecule has 2 aromatic rings. The number of carbonyl (C=O) groups is 3. The molecule has 0 spiro atoms. The molecule has 5 nitrogen and oxygen atoms in total. The topological polar surface area (TPSA) is 63.7 Å². The van der Waals surface area contributed by atoms with Gasteiger partial charge in [-0.3, -0.25) is 9.59 Å². The summed E-state index contributed by atoms with van der Waals surface area (Å²) in [7, 11) is 1.27. The maximum Gasteiger partial charge on any atom is 0.335 e. The van der Waals surface area contributed by atoms with Gasteiger partial charge in [-0.25, -0.2) is 4.79 Å². The summed E-state index contributed by atoms with van der Waals surface area (Å²) in [4.78, 5) is 37.9. The Balaban J connectivity index is 1.98. The summed E-state index contributed by atoms with van der Waals surface area (Å²) in [6.07, 6.45) is 1.64. The van der Waals surface area contributed by atoms with E-state index in [0.717, 1.165) is 5.56 Å². The number of benzene rings is 2. The summed E-state index contributed by atoms with van der Waals surface area (Å²) in [6, 6.07) is 13.8. The van der Waals surface area contributed by atoms with E-state index in [1.165, 1.54) is 18.1 Å². The molecule has 1 aliphatic heterocycles. The Morgan fingerprint density at radius 2 is 1.88 bits per heavy atom. The monoisotopic (exact) mass is 355 g/mol. The number of fused-ring (bicyclic) bond motifs is 1. The van der Waals surface area contributed by atoms with E-state index in [2.05, 4.69) is 0 Å². The Morgan fingerprint density at radius 3 is 2.56 bits per heavy atom. The van der Waals surface area contributed by atoms with Gasteiger partial charge in [0.05, 0.1) is 30.5 Å². The van der Waals surface area contributed by atoms with E-state index in [4.69, 9.17) is 16.3 Å². The second kappa shape index (κ2) is 6.91. The van der Waals surface area contributed by atoms with Gasteiger partial charge in [-0.05, 0) is 29.8 Å². The van der Waals surface area contributed by atoms with E-state index in [1.54, 1.807) is 18.2 Å². The molecule has 1 aliphatic rings. The lowest BCUT2D eigenvalue weighted by atomic mass is 10.1. The van der Waals surface area contributed by atoms with Gasteiger partial charge in [-0.1, -0.05) is 41.9 Å². The lowest BCUT2D eigenvalue weighted by Crippen LogP contribution is -2.33. The predicted octanol–water partition coefficient (Wildman–Crippen LogP) is 3.13. The zero-order valence-corrected chi connectivity index (χ0v) is 14.1. The van der Waals surface area contributed by atoms with Crippen molar-refractivity contribution in [2.24, 2.45) is 0 Å². The van der Waals surface area contributed by atoms with E-state index in [-0.39, 0.29) is 17.7 Å². The first-order valence-electron chi connectivity index (χ1n) is 7.51. The third-order valence-electron chi connectivity index (χ3n) is 3.85. The molecule has 0 saturated carbocycles. The molecule has 0 aromatic heterocycles. The number of esters is 1. The molecule has 25 heavy (non-hydrogen) atoms. The molecule has 0 bridgehead atoms. The van der Waals surface area contributed by atoms with E-state index < -0.39 is 17.7 Å². The quantitative estimate of drug-likeness (QED) is 0.480. The standard InChI is InChI=1S/C19H14ClNO4/c1-25-19(24)13(9-12-5-3-2-4-6-12)11-21-16-8-7-14(20)10-15(16)17(22)18(21)23/h2-10H,11H2,1H3/b13-9+. The van der Waals surface area contributed by atoms with Crippen molar-refractivity contribution >= 4 is 41.0 Å². The number of hydrogen-bond donors (Lipinski definition) is 0. The number of carbonyl (C=O) groups excluding carboxylic acids is 3. The summed E-state index contributed by atoms with van der Waals surface area (Å²) in [5, 5.41) is 0.370. The van der Waals surface area contributed by atoms with Crippen LogP contribution >= 0.6 is 11.6 Å². The summed E-state index contributed by atoms with van der Waals surface area (Å²) in [5.41, 5.74) is 1.72. The Bertz CT molecular complexity index is 890. The minimum atomic E-state index is -0.694. The van der Waals surface area contributed by atoms with Crippen LogP contribution < -0.4 is 4.90 Å². The highest BCUT2D eigenvalue weighted by atomic mass is 35.5. The first-order valence-corrected chi connectivity index (χ1v) is 7.88. The molecular formula is C19H14ClNO4. The molecule has 0 N–H and O–H groups in total. The number of nitrogens with zero attached hydrogens (tertiary/aromatic N) is 1. The Labute approximate surface area is 149 Å². The molecule has 6 heteroatoms. The molecule has 0 saturated heterocycles. The van der Waals surface area contributed by atoms with Crippen LogP contribution in [-0.4, -0.2) is 31.3 Å². The van der Waals surface area contributed by atoms with Gasteiger partial charge < -0.3 is 9.64 Å². The highest BCUT2D eigenvalue weighted by molar-refractivity contribution is 6.52. The fourth-order valence-electron chi connectivity index (χ4n) is 2.65. The van der Waals surface area contributed by atoms with Crippen LogP contribution in [0.1, 0.15) is 15.9 Å². The molecule has 1 amide bonds. The van der Waals surface area contributed by atoms with Crippen LogP contribution in [0.25, 0.3) is 6.08 Å². The molecule has 0 atom stereocenters. The van der Waals surface area contributed by atoms with Gasteiger partial charge in [0, 0.05) is 5.02 Å². The number of ether oxygens (including phenoxy) is 1. The van der Waals surface area contributed by atoms with Gasteiger partial charge in [0.2, 0.25) is 0 Å². The van der Waals surface area contributed by atoms with Crippen molar-refractivity contribution in [1.29, 1.82) is 0 Å². The lowest BCUT2D eigenvalue weighted by molar-refractivity contribution is -0.136. The zero-order valence-electron chi connectivity index (χ0n) is 13.4. The van der Waals surface area contributed by atoms with Crippen LogP contribution in [0.4, 0.5) is 5.69 Å². The van der Waals surface area contributed by atoms with Gasteiger partial charge in [-0.2, -0.15) is 0 Å². The zero-order chi connectivity index (χ0) is 18.0. The van der Waals surface area contributed by atoms with Gasteiger partial charge in [0.15, 0.2) is 0 Å². The molecule has 1 heterocycles. The first kappa shape index (κ1) is 16.9. The van der Waals surface area contributed by atoms with Crippen molar-refractivity contribution in [2.45, 2.75) is 0 Å². The Morgan fingerprint density at radius 1 is 1.16 bits per heavy atom. The van der Waals surface area contributed by atoms with Gasteiger partial charge in [-0.15, -0.1) is 0 Å². The SMILES string of the molecule is COC(=O)/C(=C/c1ccccc1)CN1C(=O)C(=O)c2cc(Cl)ccc21. The normalized spacial score (nSPS) is 13.8. The molecule has 0 aliphatic carbocycles. The number of amides is 1. The van der Waals surface area contributed by atoms with Crippen LogP contribution in [0.3, 0.4) is 0 Å². The van der Waals surface area contributed by atoms with Crippen molar-refractivity contribution < 1.29 is 19.1 Å². The maximum atomic E-state index is 12.3. The number of rotatable bonds is 4. The molecule has 126 valence electrons. The molecule has 0 unspecified atom stereocenters. The third kappa shape index (κ3) is 3.32.